The molecule has 1 unspecified atom stereocenters. The Morgan fingerprint density at radius 1 is 1.22 bits per heavy atom. The van der Waals surface area contributed by atoms with Crippen molar-refractivity contribution >= 4 is 5.91 Å². The van der Waals surface area contributed by atoms with Gasteiger partial charge in [0.25, 0.3) is 0 Å². The molecule has 3 nitrogen and oxygen atoms in total. The van der Waals surface area contributed by atoms with Crippen LogP contribution in [0, 0.1) is 0 Å². The van der Waals surface area contributed by atoms with Crippen molar-refractivity contribution in [2.24, 2.45) is 0 Å². The van der Waals surface area contributed by atoms with Crippen LogP contribution in [0.15, 0.2) is 12.2 Å². The summed E-state index contributed by atoms with van der Waals surface area (Å²) >= 11 is 0. The van der Waals surface area contributed by atoms with Gasteiger partial charge in [0.1, 0.15) is 0 Å². The molecule has 102 valence electrons. The van der Waals surface area contributed by atoms with Gasteiger partial charge < -0.3 is 9.80 Å². The monoisotopic (exact) mass is 250 g/mol. The van der Waals surface area contributed by atoms with Crippen LogP contribution >= 0.6 is 0 Å². The summed E-state index contributed by atoms with van der Waals surface area (Å²) in [4.78, 5) is 16.7. The van der Waals surface area contributed by atoms with Crippen molar-refractivity contribution < 1.29 is 4.79 Å². The van der Waals surface area contributed by atoms with Gasteiger partial charge in [-0.3, -0.25) is 4.79 Å². The minimum atomic E-state index is 0.330. The van der Waals surface area contributed by atoms with Crippen molar-refractivity contribution in [2.45, 2.75) is 51.5 Å². The van der Waals surface area contributed by atoms with E-state index < -0.39 is 0 Å². The molecule has 2 aliphatic rings. The summed E-state index contributed by atoms with van der Waals surface area (Å²) in [7, 11) is 0. The summed E-state index contributed by atoms with van der Waals surface area (Å²) in [5.41, 5.74) is 0. The van der Waals surface area contributed by atoms with Crippen molar-refractivity contribution in [3.63, 3.8) is 0 Å². The lowest BCUT2D eigenvalue weighted by molar-refractivity contribution is -0.132. The third kappa shape index (κ3) is 3.58. The molecule has 1 fully saturated rings. The molecule has 18 heavy (non-hydrogen) atoms. The van der Waals surface area contributed by atoms with Crippen LogP contribution in [0.1, 0.15) is 45.4 Å². The van der Waals surface area contributed by atoms with E-state index in [0.29, 0.717) is 18.4 Å². The fourth-order valence-corrected chi connectivity index (χ4v) is 2.97. The van der Waals surface area contributed by atoms with Crippen molar-refractivity contribution in [1.82, 2.24) is 9.80 Å². The Morgan fingerprint density at radius 3 is 2.61 bits per heavy atom. The number of rotatable bonds is 4. The van der Waals surface area contributed by atoms with Crippen LogP contribution in [-0.4, -0.2) is 47.9 Å². The van der Waals surface area contributed by atoms with Gasteiger partial charge >= 0.3 is 0 Å². The first kappa shape index (κ1) is 13.6. The normalized spacial score (nSPS) is 25.4. The van der Waals surface area contributed by atoms with Gasteiger partial charge in [-0.25, -0.2) is 0 Å². The smallest absolute Gasteiger partial charge is 0.224 e. The molecule has 0 aromatic carbocycles. The van der Waals surface area contributed by atoms with Gasteiger partial charge in [0.15, 0.2) is 0 Å². The average Bonchev–Trinajstić information content (AvgIpc) is 2.72. The maximum absolute atomic E-state index is 12.2. The molecule has 1 saturated heterocycles. The van der Waals surface area contributed by atoms with E-state index in [-0.39, 0.29) is 0 Å². The fourth-order valence-electron chi connectivity index (χ4n) is 2.97. The van der Waals surface area contributed by atoms with E-state index in [9.17, 15) is 4.79 Å². The second-order valence-corrected chi connectivity index (χ2v) is 5.46. The number of amides is 1. The SMILES string of the molecule is CCC1C=CCN1C(=O)CCN1CCCCCC1. The van der Waals surface area contributed by atoms with Crippen LogP contribution in [0.5, 0.6) is 0 Å². The number of hydrogen-bond donors (Lipinski definition) is 0. The van der Waals surface area contributed by atoms with Gasteiger partial charge in [-0.1, -0.05) is 31.9 Å². The Morgan fingerprint density at radius 2 is 1.94 bits per heavy atom. The lowest BCUT2D eigenvalue weighted by Crippen LogP contribution is -2.38. The van der Waals surface area contributed by atoms with Crippen molar-refractivity contribution in [1.29, 1.82) is 0 Å². The van der Waals surface area contributed by atoms with E-state index in [1.807, 2.05) is 4.90 Å². The highest BCUT2D eigenvalue weighted by molar-refractivity contribution is 5.77. The molecule has 1 atom stereocenters. The van der Waals surface area contributed by atoms with Gasteiger partial charge in [-0.15, -0.1) is 0 Å². The summed E-state index contributed by atoms with van der Waals surface area (Å²) in [6.45, 7) is 6.28. The summed E-state index contributed by atoms with van der Waals surface area (Å²) in [6.07, 6.45) is 11.3. The molecule has 0 saturated carbocycles. The van der Waals surface area contributed by atoms with E-state index in [4.69, 9.17) is 0 Å². The molecule has 1 amide bonds. The highest BCUT2D eigenvalue weighted by atomic mass is 16.2. The quantitative estimate of drug-likeness (QED) is 0.715. The zero-order chi connectivity index (χ0) is 12.8. The van der Waals surface area contributed by atoms with Crippen LogP contribution in [0.25, 0.3) is 0 Å². The van der Waals surface area contributed by atoms with Crippen LogP contribution < -0.4 is 0 Å². The molecule has 0 bridgehead atoms. The first-order chi connectivity index (χ1) is 8.81. The number of carbonyl (C=O) groups is 1. The van der Waals surface area contributed by atoms with Gasteiger partial charge in [0.05, 0.1) is 6.04 Å². The Kier molecular flexibility index (Phi) is 5.24. The maximum atomic E-state index is 12.2. The molecule has 0 N–H and O–H groups in total. The molecule has 0 radical (unpaired) electrons. The number of nitrogens with zero attached hydrogens (tertiary/aromatic N) is 2. The summed E-state index contributed by atoms with van der Waals surface area (Å²) < 4.78 is 0. The van der Waals surface area contributed by atoms with E-state index in [1.54, 1.807) is 0 Å². The zero-order valence-electron chi connectivity index (χ0n) is 11.6. The molecule has 2 aliphatic heterocycles. The number of carbonyl (C=O) groups excluding carboxylic acids is 1. The van der Waals surface area contributed by atoms with Gasteiger partial charge in [0, 0.05) is 19.5 Å². The molecule has 0 aromatic heterocycles. The van der Waals surface area contributed by atoms with E-state index in [2.05, 4.69) is 24.0 Å². The van der Waals surface area contributed by atoms with E-state index in [1.165, 1.54) is 38.8 Å². The Balaban J connectivity index is 1.74. The first-order valence-electron chi connectivity index (χ1n) is 7.49. The molecular weight excluding hydrogens is 224 g/mol. The summed E-state index contributed by atoms with van der Waals surface area (Å²) in [6, 6.07) is 0.349. The van der Waals surface area contributed by atoms with Gasteiger partial charge in [-0.2, -0.15) is 0 Å². The predicted octanol–water partition coefficient (Wildman–Crippen LogP) is 2.43. The fraction of sp³-hybridized carbons (Fsp3) is 0.800. The molecule has 2 heterocycles. The molecule has 0 spiro atoms. The van der Waals surface area contributed by atoms with Crippen LogP contribution in [-0.2, 0) is 4.79 Å². The molecule has 3 heteroatoms. The highest BCUT2D eigenvalue weighted by Crippen LogP contribution is 2.15. The minimum absolute atomic E-state index is 0.330. The van der Waals surface area contributed by atoms with Crippen molar-refractivity contribution in [2.75, 3.05) is 26.2 Å². The Bertz CT molecular complexity index is 293. The van der Waals surface area contributed by atoms with Crippen LogP contribution in [0.4, 0.5) is 0 Å². The largest absolute Gasteiger partial charge is 0.333 e. The summed E-state index contributed by atoms with van der Waals surface area (Å²) in [5.74, 6) is 0.330. The lowest BCUT2D eigenvalue weighted by atomic mass is 10.2. The minimum Gasteiger partial charge on any atom is -0.333 e. The maximum Gasteiger partial charge on any atom is 0.224 e. The topological polar surface area (TPSA) is 23.6 Å². The Hall–Kier alpha value is -0.830. The van der Waals surface area contributed by atoms with Crippen LogP contribution in [0.3, 0.4) is 0 Å². The lowest BCUT2D eigenvalue weighted by Gasteiger charge is -2.25. The Labute approximate surface area is 111 Å². The standard InChI is InChI=1S/C15H26N2O/c1-2-14-8-7-12-17(14)15(18)9-13-16-10-5-3-4-6-11-16/h7-8,14H,2-6,9-13H2,1H3. The highest BCUT2D eigenvalue weighted by Gasteiger charge is 2.23. The van der Waals surface area contributed by atoms with Crippen molar-refractivity contribution in [3.05, 3.63) is 12.2 Å². The first-order valence-corrected chi connectivity index (χ1v) is 7.49. The van der Waals surface area contributed by atoms with E-state index >= 15 is 0 Å². The van der Waals surface area contributed by atoms with Crippen LogP contribution in [0.2, 0.25) is 0 Å². The second kappa shape index (κ2) is 6.93. The zero-order valence-corrected chi connectivity index (χ0v) is 11.6. The number of likely N-dealkylation sites (tertiary alicyclic amines) is 1. The molecule has 0 aliphatic carbocycles. The van der Waals surface area contributed by atoms with E-state index in [0.717, 1.165) is 19.5 Å². The van der Waals surface area contributed by atoms with Gasteiger partial charge in [-0.05, 0) is 32.4 Å². The third-order valence-corrected chi connectivity index (χ3v) is 4.14. The second-order valence-electron chi connectivity index (χ2n) is 5.46. The van der Waals surface area contributed by atoms with Crippen molar-refractivity contribution in [3.8, 4) is 0 Å². The number of hydrogen-bond acceptors (Lipinski definition) is 2. The third-order valence-electron chi connectivity index (χ3n) is 4.14. The molecule has 2 rings (SSSR count). The molecule has 0 aromatic rings. The predicted molar refractivity (Wildman–Crippen MR) is 74.5 cm³/mol. The van der Waals surface area contributed by atoms with Gasteiger partial charge in [0.2, 0.25) is 5.91 Å². The average molecular weight is 250 g/mol. The molecular formula is C15H26N2O. The summed E-state index contributed by atoms with van der Waals surface area (Å²) in [5, 5.41) is 0.